The van der Waals surface area contributed by atoms with E-state index in [4.69, 9.17) is 9.53 Å². The second-order valence-electron chi connectivity index (χ2n) is 6.33. The van der Waals surface area contributed by atoms with Crippen molar-refractivity contribution in [2.75, 3.05) is 13.2 Å². The molecule has 0 aliphatic carbocycles. The van der Waals surface area contributed by atoms with Crippen LogP contribution in [0.4, 0.5) is 0 Å². The van der Waals surface area contributed by atoms with E-state index in [1.165, 1.54) is 0 Å². The molecule has 1 aromatic carbocycles. The number of hydrogen-bond acceptors (Lipinski definition) is 2. The molecule has 0 unspecified atom stereocenters. The fourth-order valence-corrected chi connectivity index (χ4v) is 2.45. The van der Waals surface area contributed by atoms with Crippen molar-refractivity contribution in [3.63, 3.8) is 0 Å². The molecule has 0 saturated carbocycles. The van der Waals surface area contributed by atoms with Gasteiger partial charge >= 0.3 is 0 Å². The SMILES string of the molecule is CC(C)(C)[Si](C)(C)OC/C(=C/CO)c1ccccc1. The van der Waals surface area contributed by atoms with Gasteiger partial charge in [-0.25, -0.2) is 0 Å². The molecule has 1 rings (SSSR count). The molecule has 0 aliphatic rings. The largest absolute Gasteiger partial charge is 0.413 e. The van der Waals surface area contributed by atoms with Gasteiger partial charge in [0.1, 0.15) is 0 Å². The van der Waals surface area contributed by atoms with Crippen LogP contribution in [-0.2, 0) is 4.43 Å². The Balaban J connectivity index is 2.81. The Morgan fingerprint density at radius 3 is 2.26 bits per heavy atom. The van der Waals surface area contributed by atoms with Crippen LogP contribution in [0.1, 0.15) is 26.3 Å². The maximum Gasteiger partial charge on any atom is 0.192 e. The lowest BCUT2D eigenvalue weighted by Gasteiger charge is -2.36. The maximum atomic E-state index is 9.17. The molecule has 0 atom stereocenters. The van der Waals surface area contributed by atoms with Crippen molar-refractivity contribution < 1.29 is 9.53 Å². The van der Waals surface area contributed by atoms with Gasteiger partial charge in [-0.1, -0.05) is 57.2 Å². The minimum atomic E-state index is -1.75. The van der Waals surface area contributed by atoms with E-state index < -0.39 is 8.32 Å². The molecule has 0 aromatic heterocycles. The Hall–Kier alpha value is -0.903. The van der Waals surface area contributed by atoms with Gasteiger partial charge in [0.2, 0.25) is 0 Å². The second-order valence-corrected chi connectivity index (χ2v) is 11.1. The van der Waals surface area contributed by atoms with Gasteiger partial charge in [0.05, 0.1) is 13.2 Å². The van der Waals surface area contributed by atoms with Gasteiger partial charge in [0, 0.05) is 0 Å². The third-order valence-electron chi connectivity index (χ3n) is 3.88. The summed E-state index contributed by atoms with van der Waals surface area (Å²) < 4.78 is 6.22. The second kappa shape index (κ2) is 6.50. The summed E-state index contributed by atoms with van der Waals surface area (Å²) in [6.07, 6.45) is 1.84. The van der Waals surface area contributed by atoms with Crippen LogP contribution in [0.15, 0.2) is 36.4 Å². The summed E-state index contributed by atoms with van der Waals surface area (Å²) in [6.45, 7) is 11.8. The highest BCUT2D eigenvalue weighted by molar-refractivity contribution is 6.74. The molecule has 1 aromatic rings. The van der Waals surface area contributed by atoms with E-state index in [1.54, 1.807) is 0 Å². The van der Waals surface area contributed by atoms with Crippen molar-refractivity contribution in [1.82, 2.24) is 0 Å². The van der Waals surface area contributed by atoms with Gasteiger partial charge in [-0.05, 0) is 29.3 Å². The van der Waals surface area contributed by atoms with Crippen LogP contribution < -0.4 is 0 Å². The van der Waals surface area contributed by atoms with E-state index in [1.807, 2.05) is 24.3 Å². The average molecular weight is 278 g/mol. The summed E-state index contributed by atoms with van der Waals surface area (Å²) in [5.41, 5.74) is 2.18. The Morgan fingerprint density at radius 2 is 1.79 bits per heavy atom. The van der Waals surface area contributed by atoms with Gasteiger partial charge < -0.3 is 9.53 Å². The lowest BCUT2D eigenvalue weighted by atomic mass is 10.1. The van der Waals surface area contributed by atoms with Gasteiger partial charge in [0.15, 0.2) is 8.32 Å². The zero-order chi connectivity index (χ0) is 14.5. The molecule has 0 radical (unpaired) electrons. The predicted molar refractivity (Wildman–Crippen MR) is 84.7 cm³/mol. The summed E-state index contributed by atoms with van der Waals surface area (Å²) in [6, 6.07) is 10.1. The lowest BCUT2D eigenvalue weighted by Crippen LogP contribution is -2.41. The minimum absolute atomic E-state index is 0.0467. The molecule has 3 heteroatoms. The highest BCUT2D eigenvalue weighted by atomic mass is 28.4. The van der Waals surface area contributed by atoms with Crippen molar-refractivity contribution in [2.24, 2.45) is 0 Å². The van der Waals surface area contributed by atoms with E-state index >= 15 is 0 Å². The molecule has 0 spiro atoms. The number of aliphatic hydroxyl groups excluding tert-OH is 1. The van der Waals surface area contributed by atoms with Crippen molar-refractivity contribution in [3.05, 3.63) is 42.0 Å². The summed E-state index contributed by atoms with van der Waals surface area (Å²) in [5.74, 6) is 0. The highest BCUT2D eigenvalue weighted by Gasteiger charge is 2.37. The molecule has 0 amide bonds. The van der Waals surface area contributed by atoms with Crippen LogP contribution >= 0.6 is 0 Å². The monoisotopic (exact) mass is 278 g/mol. The van der Waals surface area contributed by atoms with E-state index in [0.29, 0.717) is 6.61 Å². The third-order valence-corrected chi connectivity index (χ3v) is 8.36. The van der Waals surface area contributed by atoms with E-state index in [0.717, 1.165) is 11.1 Å². The number of aliphatic hydroxyl groups is 1. The standard InChI is InChI=1S/C16H26O2Si/c1-16(2,3)19(4,5)18-13-15(11-12-17)14-9-7-6-8-10-14/h6-11,17H,12-13H2,1-5H3/b15-11-. The zero-order valence-electron chi connectivity index (χ0n) is 12.7. The first-order chi connectivity index (χ1) is 8.78. The molecular weight excluding hydrogens is 252 g/mol. The fraction of sp³-hybridized carbons (Fsp3) is 0.500. The van der Waals surface area contributed by atoms with Crippen LogP contribution in [0.2, 0.25) is 18.1 Å². The normalized spacial score (nSPS) is 13.7. The first kappa shape index (κ1) is 16.2. The quantitative estimate of drug-likeness (QED) is 0.822. The number of benzene rings is 1. The molecule has 0 bridgehead atoms. The van der Waals surface area contributed by atoms with E-state index in [9.17, 15) is 0 Å². The van der Waals surface area contributed by atoms with Crippen LogP contribution in [0.3, 0.4) is 0 Å². The Labute approximate surface area is 118 Å². The summed E-state index contributed by atoms with van der Waals surface area (Å²) in [5, 5.41) is 9.37. The summed E-state index contributed by atoms with van der Waals surface area (Å²) in [4.78, 5) is 0. The third kappa shape index (κ3) is 4.60. The lowest BCUT2D eigenvalue weighted by molar-refractivity contribution is 0.327. The number of rotatable bonds is 5. The van der Waals surface area contributed by atoms with Gasteiger partial charge in [-0.2, -0.15) is 0 Å². The Bertz CT molecular complexity index is 416. The van der Waals surface area contributed by atoms with Crippen LogP contribution in [-0.4, -0.2) is 26.6 Å². The molecule has 0 heterocycles. The van der Waals surface area contributed by atoms with E-state index in [-0.39, 0.29) is 11.6 Å². The smallest absolute Gasteiger partial charge is 0.192 e. The molecule has 2 nitrogen and oxygen atoms in total. The zero-order valence-corrected chi connectivity index (χ0v) is 13.7. The molecule has 1 N–H and O–H groups in total. The van der Waals surface area contributed by atoms with Crippen molar-refractivity contribution >= 4 is 13.9 Å². The number of hydrogen-bond donors (Lipinski definition) is 1. The van der Waals surface area contributed by atoms with E-state index in [2.05, 4.69) is 46.0 Å². The molecule has 0 fully saturated rings. The molecule has 0 aliphatic heterocycles. The van der Waals surface area contributed by atoms with Crippen molar-refractivity contribution in [2.45, 2.75) is 38.9 Å². The van der Waals surface area contributed by atoms with Gasteiger partial charge in [-0.3, -0.25) is 0 Å². The molecule has 106 valence electrons. The van der Waals surface area contributed by atoms with Crippen molar-refractivity contribution in [1.29, 1.82) is 0 Å². The average Bonchev–Trinajstić information content (AvgIpc) is 2.34. The predicted octanol–water partition coefficient (Wildman–Crippen LogP) is 4.08. The first-order valence-electron chi connectivity index (χ1n) is 6.77. The maximum absolute atomic E-state index is 9.17. The minimum Gasteiger partial charge on any atom is -0.413 e. The summed E-state index contributed by atoms with van der Waals surface area (Å²) >= 11 is 0. The van der Waals surface area contributed by atoms with Crippen LogP contribution in [0.5, 0.6) is 0 Å². The Kier molecular flexibility index (Phi) is 5.53. The highest BCUT2D eigenvalue weighted by Crippen LogP contribution is 2.37. The van der Waals surface area contributed by atoms with Gasteiger partial charge in [-0.15, -0.1) is 0 Å². The fourth-order valence-electron chi connectivity index (χ4n) is 1.50. The molecule has 0 saturated heterocycles. The molecule has 19 heavy (non-hydrogen) atoms. The van der Waals surface area contributed by atoms with Crippen LogP contribution in [0.25, 0.3) is 5.57 Å². The Morgan fingerprint density at radius 1 is 1.21 bits per heavy atom. The van der Waals surface area contributed by atoms with Crippen LogP contribution in [0, 0.1) is 0 Å². The first-order valence-corrected chi connectivity index (χ1v) is 9.68. The summed E-state index contributed by atoms with van der Waals surface area (Å²) in [7, 11) is -1.75. The topological polar surface area (TPSA) is 29.5 Å². The molecular formula is C16H26O2Si. The van der Waals surface area contributed by atoms with Gasteiger partial charge in [0.25, 0.3) is 0 Å². The van der Waals surface area contributed by atoms with Crippen molar-refractivity contribution in [3.8, 4) is 0 Å².